The van der Waals surface area contributed by atoms with Crippen molar-refractivity contribution in [2.45, 2.75) is 41.3 Å². The van der Waals surface area contributed by atoms with Crippen molar-refractivity contribution in [3.05, 3.63) is 71.2 Å². The number of rotatable bonds is 5. The van der Waals surface area contributed by atoms with Gasteiger partial charge in [0.15, 0.2) is 17.4 Å². The van der Waals surface area contributed by atoms with E-state index >= 15 is 0 Å². The molecule has 0 amide bonds. The predicted molar refractivity (Wildman–Crippen MR) is 146 cm³/mol. The van der Waals surface area contributed by atoms with Gasteiger partial charge in [-0.1, -0.05) is 47.6 Å². The lowest BCUT2D eigenvalue weighted by atomic mass is 9.83. The zero-order valence-electron chi connectivity index (χ0n) is 21.5. The minimum atomic E-state index is -1.39. The number of nitrogens with zero attached hydrogens (tertiary/aromatic N) is 4. The summed E-state index contributed by atoms with van der Waals surface area (Å²) in [6.45, 7) is 2.39. The standard InChI is InChI=1S/C27H25ClN6O3S/c1-15(35)21-24(34-12-9-27(10-13-34)22(29)16-5-2-3-7-18(16)37-27)33-23(30)26(32-21)38-19-8-4-6-17(20(19)28)25-31-11-14-36-25/h2-8,11,14,22H,9-10,12-13,29H2,1H3,(H2,30,33)/t22-/m1/s1/i22D. The molecule has 6 rings (SSSR count). The molecule has 2 aliphatic rings. The van der Waals surface area contributed by atoms with Gasteiger partial charge in [0, 0.05) is 43.3 Å². The van der Waals surface area contributed by atoms with Crippen molar-refractivity contribution in [1.29, 1.82) is 0 Å². The van der Waals surface area contributed by atoms with E-state index in [1.165, 1.54) is 24.9 Å². The molecule has 1 fully saturated rings. The van der Waals surface area contributed by atoms with Gasteiger partial charge in [-0.3, -0.25) is 4.79 Å². The lowest BCUT2D eigenvalue weighted by molar-refractivity contribution is 0.0430. The number of nitrogens with two attached hydrogens (primary N) is 2. The predicted octanol–water partition coefficient (Wildman–Crippen LogP) is 5.15. The first kappa shape index (κ1) is 23.5. The van der Waals surface area contributed by atoms with Crippen molar-refractivity contribution < 1.29 is 15.3 Å². The average Bonchev–Trinajstić information content (AvgIpc) is 3.52. The summed E-state index contributed by atoms with van der Waals surface area (Å²) in [6.07, 6.45) is 3.97. The summed E-state index contributed by atoms with van der Waals surface area (Å²) in [5, 5.41) is 0.796. The molecule has 9 nitrogen and oxygen atoms in total. The number of carbonyl (C=O) groups excluding carboxylic acids is 1. The summed E-state index contributed by atoms with van der Waals surface area (Å²) in [7, 11) is 0. The zero-order chi connectivity index (χ0) is 27.4. The molecule has 1 saturated heterocycles. The molecule has 4 aromatic rings. The third-order valence-corrected chi connectivity index (χ3v) is 8.45. The van der Waals surface area contributed by atoms with Crippen molar-refractivity contribution in [1.82, 2.24) is 15.0 Å². The van der Waals surface area contributed by atoms with Crippen molar-refractivity contribution >= 4 is 40.8 Å². The normalized spacial score (nSPS) is 20.2. The molecule has 2 aromatic carbocycles. The van der Waals surface area contributed by atoms with Crippen LogP contribution in [0.3, 0.4) is 0 Å². The van der Waals surface area contributed by atoms with E-state index in [4.69, 9.17) is 33.6 Å². The quantitative estimate of drug-likeness (QED) is 0.322. The number of Topliss-reactive ketones (excluding diaryl/α,β-unsaturated/α-hetero) is 1. The van der Waals surface area contributed by atoms with Gasteiger partial charge >= 0.3 is 0 Å². The van der Waals surface area contributed by atoms with Crippen molar-refractivity contribution in [3.8, 4) is 17.2 Å². The van der Waals surface area contributed by atoms with E-state index in [1.54, 1.807) is 12.3 Å². The highest BCUT2D eigenvalue weighted by atomic mass is 35.5. The van der Waals surface area contributed by atoms with E-state index in [0.717, 1.165) is 0 Å². The Morgan fingerprint density at radius 2 is 2.00 bits per heavy atom. The van der Waals surface area contributed by atoms with Gasteiger partial charge in [0.1, 0.15) is 28.3 Å². The van der Waals surface area contributed by atoms with Gasteiger partial charge in [0.05, 0.1) is 24.2 Å². The van der Waals surface area contributed by atoms with Gasteiger partial charge in [-0.15, -0.1) is 0 Å². The molecule has 11 heteroatoms. The van der Waals surface area contributed by atoms with Crippen LogP contribution in [0.5, 0.6) is 5.75 Å². The van der Waals surface area contributed by atoms with E-state index in [9.17, 15) is 4.79 Å². The molecule has 1 spiro atoms. The lowest BCUT2D eigenvalue weighted by Crippen LogP contribution is -2.52. The van der Waals surface area contributed by atoms with Crippen LogP contribution >= 0.6 is 23.4 Å². The van der Waals surface area contributed by atoms with E-state index < -0.39 is 11.6 Å². The monoisotopic (exact) mass is 549 g/mol. The fourth-order valence-electron chi connectivity index (χ4n) is 4.91. The van der Waals surface area contributed by atoms with E-state index in [2.05, 4.69) is 15.0 Å². The third kappa shape index (κ3) is 4.18. The number of hydrogen-bond donors (Lipinski definition) is 2. The Morgan fingerprint density at radius 3 is 2.71 bits per heavy atom. The Hall–Kier alpha value is -3.60. The number of nitrogen functional groups attached to an aromatic ring is 1. The molecule has 0 saturated carbocycles. The summed E-state index contributed by atoms with van der Waals surface area (Å²) in [5.74, 6) is 1.38. The Balaban J connectivity index is 1.27. The van der Waals surface area contributed by atoms with E-state index in [0.29, 0.717) is 69.5 Å². The van der Waals surface area contributed by atoms with Gasteiger partial charge < -0.3 is 25.5 Å². The van der Waals surface area contributed by atoms with Gasteiger partial charge in [0.25, 0.3) is 0 Å². The van der Waals surface area contributed by atoms with Gasteiger partial charge in [-0.25, -0.2) is 15.0 Å². The lowest BCUT2D eigenvalue weighted by Gasteiger charge is -2.41. The van der Waals surface area contributed by atoms with Crippen LogP contribution in [-0.2, 0) is 0 Å². The first-order valence-corrected chi connectivity index (χ1v) is 13.3. The topological polar surface area (TPSA) is 133 Å². The van der Waals surface area contributed by atoms with Crippen LogP contribution in [0.25, 0.3) is 11.5 Å². The molecular weight excluding hydrogens is 524 g/mol. The SMILES string of the molecule is [2H][C@@]1(N)c2ccccc2OC12CCN(c1nc(N)c(Sc3cccc(-c4ncco4)c3Cl)nc1C(C)=O)CC2. The second-order valence-electron chi connectivity index (χ2n) is 9.19. The second-order valence-corrected chi connectivity index (χ2v) is 10.6. The molecule has 0 unspecified atom stereocenters. The van der Waals surface area contributed by atoms with Crippen molar-refractivity contribution in [2.24, 2.45) is 5.73 Å². The maximum atomic E-state index is 12.7. The van der Waals surface area contributed by atoms with Gasteiger partial charge in [0.2, 0.25) is 5.89 Å². The molecule has 38 heavy (non-hydrogen) atoms. The van der Waals surface area contributed by atoms with Crippen LogP contribution in [0.15, 0.2) is 69.3 Å². The van der Waals surface area contributed by atoms with E-state index in [-0.39, 0.29) is 17.3 Å². The molecule has 0 aliphatic carbocycles. The Kier molecular flexibility index (Phi) is 5.95. The molecule has 4 heterocycles. The van der Waals surface area contributed by atoms with E-state index in [1.807, 2.05) is 41.3 Å². The minimum Gasteiger partial charge on any atom is -0.485 e. The van der Waals surface area contributed by atoms with Crippen LogP contribution in [0.2, 0.25) is 5.02 Å². The largest absolute Gasteiger partial charge is 0.485 e. The third-order valence-electron chi connectivity index (χ3n) is 6.88. The highest BCUT2D eigenvalue weighted by Gasteiger charge is 2.48. The zero-order valence-corrected chi connectivity index (χ0v) is 22.1. The molecule has 4 N–H and O–H groups in total. The molecule has 1 atom stereocenters. The molecule has 2 aromatic heterocycles. The Bertz CT molecular complexity index is 1570. The molecule has 0 bridgehead atoms. The van der Waals surface area contributed by atoms with Gasteiger partial charge in [-0.2, -0.15) is 0 Å². The van der Waals surface area contributed by atoms with Crippen LogP contribution in [0.4, 0.5) is 11.6 Å². The highest BCUT2D eigenvalue weighted by molar-refractivity contribution is 7.99. The number of piperidine rings is 1. The number of hydrogen-bond acceptors (Lipinski definition) is 10. The fourth-order valence-corrected chi connectivity index (χ4v) is 6.08. The number of fused-ring (bicyclic) bond motifs is 1. The fraction of sp³-hybridized carbons (Fsp3) is 0.259. The Labute approximate surface area is 230 Å². The summed E-state index contributed by atoms with van der Waals surface area (Å²) < 4.78 is 20.6. The minimum absolute atomic E-state index is 0.177. The summed E-state index contributed by atoms with van der Waals surface area (Å²) in [4.78, 5) is 28.7. The molecule has 194 valence electrons. The maximum Gasteiger partial charge on any atom is 0.227 e. The molecule has 0 radical (unpaired) electrons. The number of ketones is 1. The van der Waals surface area contributed by atoms with Crippen molar-refractivity contribution in [3.63, 3.8) is 0 Å². The van der Waals surface area contributed by atoms with Crippen LogP contribution < -0.4 is 21.1 Å². The smallest absolute Gasteiger partial charge is 0.227 e. The first-order chi connectivity index (χ1) is 18.7. The highest BCUT2D eigenvalue weighted by Crippen LogP contribution is 2.47. The van der Waals surface area contributed by atoms with Crippen LogP contribution in [-0.4, -0.2) is 39.4 Å². The molecule has 2 aliphatic heterocycles. The van der Waals surface area contributed by atoms with Crippen LogP contribution in [0, 0.1) is 0 Å². The Morgan fingerprint density at radius 1 is 1.21 bits per heavy atom. The van der Waals surface area contributed by atoms with Crippen molar-refractivity contribution in [2.75, 3.05) is 23.7 Å². The summed E-state index contributed by atoms with van der Waals surface area (Å²) >= 11 is 7.87. The number of aromatic nitrogens is 3. The number of carbonyl (C=O) groups is 1. The van der Waals surface area contributed by atoms with Gasteiger partial charge in [-0.05, 0) is 18.2 Å². The average molecular weight is 550 g/mol. The first-order valence-electron chi connectivity index (χ1n) is 12.6. The number of ether oxygens (including phenoxy) is 1. The summed E-state index contributed by atoms with van der Waals surface area (Å²) in [6, 6.07) is 11.5. The second kappa shape index (κ2) is 9.61. The number of oxazole rings is 1. The maximum absolute atomic E-state index is 12.7. The summed E-state index contributed by atoms with van der Waals surface area (Å²) in [5.41, 5.74) is 13.5. The number of para-hydroxylation sites is 1. The number of anilines is 2. The number of halogens is 1. The number of benzene rings is 2. The molecular formula is C27H25ClN6O3S. The van der Waals surface area contributed by atoms with Crippen LogP contribution in [0.1, 0.15) is 43.2 Å².